The molecule has 6 nitrogen and oxygen atoms in total. The molecule has 0 unspecified atom stereocenters. The summed E-state index contributed by atoms with van der Waals surface area (Å²) in [4.78, 5) is 20.1. The number of aromatic nitrogens is 1. The summed E-state index contributed by atoms with van der Waals surface area (Å²) in [5.74, 6) is 0.0253. The number of nitrogens with zero attached hydrogens (tertiary/aromatic N) is 3. The maximum Gasteiger partial charge on any atom is 0.254 e. The Hall–Kier alpha value is -2.48. The quantitative estimate of drug-likeness (QED) is 0.551. The fourth-order valence-corrected chi connectivity index (χ4v) is 5.35. The molecule has 1 fully saturated rings. The van der Waals surface area contributed by atoms with Crippen LogP contribution < -0.4 is 0 Å². The van der Waals surface area contributed by atoms with Gasteiger partial charge >= 0.3 is 0 Å². The third-order valence-electron chi connectivity index (χ3n) is 6.16. The SMILES string of the molecule is CCS(=O)(=O)N(C)C1CCN(C(=O)c2cc(-c3ccc(Cl)cc3)nc3ccccc23)CC1. The minimum Gasteiger partial charge on any atom is -0.339 e. The lowest BCUT2D eigenvalue weighted by Crippen LogP contribution is -2.47. The lowest BCUT2D eigenvalue weighted by Gasteiger charge is -2.36. The number of piperidine rings is 1. The predicted octanol–water partition coefficient (Wildman–Crippen LogP) is 4.44. The van der Waals surface area contributed by atoms with Gasteiger partial charge in [-0.25, -0.2) is 17.7 Å². The van der Waals surface area contributed by atoms with Crippen LogP contribution in [-0.4, -0.2) is 60.4 Å². The number of pyridine rings is 1. The van der Waals surface area contributed by atoms with E-state index in [1.165, 1.54) is 4.31 Å². The van der Waals surface area contributed by atoms with Crippen LogP contribution in [-0.2, 0) is 10.0 Å². The minimum atomic E-state index is -3.24. The third kappa shape index (κ3) is 4.51. The number of fused-ring (bicyclic) bond motifs is 1. The van der Waals surface area contributed by atoms with E-state index in [0.29, 0.717) is 42.2 Å². The standard InChI is InChI=1S/C24H26ClN3O3S/c1-3-32(30,31)27(2)19-12-14-28(15-13-19)24(29)21-16-23(17-8-10-18(25)11-9-17)26-22-7-5-4-6-20(21)22/h4-11,16,19H,3,12-15H2,1-2H3. The molecule has 1 amide bonds. The van der Waals surface area contributed by atoms with Gasteiger partial charge in [0, 0.05) is 42.2 Å². The maximum absolute atomic E-state index is 13.5. The largest absolute Gasteiger partial charge is 0.339 e. The van der Waals surface area contributed by atoms with Gasteiger partial charge in [0.05, 0.1) is 22.5 Å². The van der Waals surface area contributed by atoms with Crippen molar-refractivity contribution >= 4 is 38.4 Å². The number of benzene rings is 2. The minimum absolute atomic E-state index is 0.0572. The second kappa shape index (κ2) is 9.17. The van der Waals surface area contributed by atoms with Gasteiger partial charge in [-0.15, -0.1) is 0 Å². The van der Waals surface area contributed by atoms with Crippen LogP contribution in [0.4, 0.5) is 0 Å². The first kappa shape index (κ1) is 22.7. The monoisotopic (exact) mass is 471 g/mol. The number of hydrogen-bond donors (Lipinski definition) is 0. The second-order valence-electron chi connectivity index (χ2n) is 8.02. The number of carbonyl (C=O) groups is 1. The van der Waals surface area contributed by atoms with Crippen LogP contribution in [0.5, 0.6) is 0 Å². The number of amides is 1. The van der Waals surface area contributed by atoms with Crippen molar-refractivity contribution in [1.82, 2.24) is 14.2 Å². The molecule has 0 N–H and O–H groups in total. The smallest absolute Gasteiger partial charge is 0.254 e. The molecule has 0 radical (unpaired) electrons. The Morgan fingerprint density at radius 3 is 2.44 bits per heavy atom. The highest BCUT2D eigenvalue weighted by atomic mass is 35.5. The van der Waals surface area contributed by atoms with Crippen LogP contribution in [0.2, 0.25) is 5.02 Å². The van der Waals surface area contributed by atoms with Gasteiger partial charge in [-0.2, -0.15) is 0 Å². The van der Waals surface area contributed by atoms with Crippen molar-refractivity contribution in [2.45, 2.75) is 25.8 Å². The Morgan fingerprint density at radius 2 is 1.78 bits per heavy atom. The molecule has 0 aliphatic carbocycles. The third-order valence-corrected chi connectivity index (χ3v) is 8.31. The molecule has 1 saturated heterocycles. The number of likely N-dealkylation sites (tertiary alicyclic amines) is 1. The summed E-state index contributed by atoms with van der Waals surface area (Å²) in [7, 11) is -1.61. The van der Waals surface area contributed by atoms with Crippen molar-refractivity contribution in [3.8, 4) is 11.3 Å². The van der Waals surface area contributed by atoms with Crippen molar-refractivity contribution in [2.24, 2.45) is 0 Å². The summed E-state index contributed by atoms with van der Waals surface area (Å²) < 4.78 is 25.9. The molecule has 0 atom stereocenters. The number of para-hydroxylation sites is 1. The summed E-state index contributed by atoms with van der Waals surface area (Å²) in [5, 5.41) is 1.45. The topological polar surface area (TPSA) is 70.6 Å². The van der Waals surface area contributed by atoms with E-state index in [9.17, 15) is 13.2 Å². The lowest BCUT2D eigenvalue weighted by molar-refractivity contribution is 0.0688. The van der Waals surface area contributed by atoms with Crippen LogP contribution in [0.25, 0.3) is 22.2 Å². The molecule has 2 aromatic carbocycles. The van der Waals surface area contributed by atoms with Gasteiger partial charge in [-0.05, 0) is 44.0 Å². The van der Waals surface area contributed by atoms with Gasteiger partial charge in [0.15, 0.2) is 0 Å². The molecule has 4 rings (SSSR count). The van der Waals surface area contributed by atoms with Gasteiger partial charge in [0.25, 0.3) is 5.91 Å². The van der Waals surface area contributed by atoms with Gasteiger partial charge in [0.2, 0.25) is 10.0 Å². The normalized spacial score (nSPS) is 15.4. The molecule has 168 valence electrons. The lowest BCUT2D eigenvalue weighted by atomic mass is 10.0. The molecule has 0 spiro atoms. The predicted molar refractivity (Wildman–Crippen MR) is 128 cm³/mol. The molecule has 1 aromatic heterocycles. The van der Waals surface area contributed by atoms with Gasteiger partial charge in [0.1, 0.15) is 0 Å². The first-order chi connectivity index (χ1) is 15.3. The van der Waals surface area contributed by atoms with Crippen molar-refractivity contribution in [2.75, 3.05) is 25.9 Å². The van der Waals surface area contributed by atoms with E-state index in [2.05, 4.69) is 0 Å². The molecule has 1 aliphatic heterocycles. The fourth-order valence-electron chi connectivity index (χ4n) is 4.15. The molecule has 8 heteroatoms. The number of hydrogen-bond acceptors (Lipinski definition) is 4. The highest BCUT2D eigenvalue weighted by molar-refractivity contribution is 7.89. The highest BCUT2D eigenvalue weighted by Crippen LogP contribution is 2.28. The Labute approximate surface area is 193 Å². The first-order valence-corrected chi connectivity index (χ1v) is 12.7. The van der Waals surface area contributed by atoms with E-state index in [1.54, 1.807) is 26.1 Å². The molecule has 0 bridgehead atoms. The molecule has 1 aliphatic rings. The van der Waals surface area contributed by atoms with Crippen molar-refractivity contribution in [3.05, 3.63) is 65.2 Å². The fraction of sp³-hybridized carbons (Fsp3) is 0.333. The zero-order valence-corrected chi connectivity index (χ0v) is 19.7. The molecule has 32 heavy (non-hydrogen) atoms. The summed E-state index contributed by atoms with van der Waals surface area (Å²) in [6, 6.07) is 16.8. The Kier molecular flexibility index (Phi) is 6.51. The molecule has 0 saturated carbocycles. The zero-order valence-electron chi connectivity index (χ0n) is 18.2. The molecule has 3 aromatic rings. The van der Waals surface area contributed by atoms with Gasteiger partial charge < -0.3 is 4.90 Å². The second-order valence-corrected chi connectivity index (χ2v) is 10.8. The summed E-state index contributed by atoms with van der Waals surface area (Å²) in [6.07, 6.45) is 1.24. The Morgan fingerprint density at radius 1 is 1.12 bits per heavy atom. The Bertz CT molecular complexity index is 1240. The van der Waals surface area contributed by atoms with Crippen LogP contribution in [0, 0.1) is 0 Å². The van der Waals surface area contributed by atoms with E-state index in [-0.39, 0.29) is 17.7 Å². The van der Waals surface area contributed by atoms with Gasteiger partial charge in [-0.1, -0.05) is 41.9 Å². The Balaban J connectivity index is 1.62. The number of carbonyl (C=O) groups excluding carboxylic acids is 1. The van der Waals surface area contributed by atoms with E-state index in [4.69, 9.17) is 16.6 Å². The summed E-state index contributed by atoms with van der Waals surface area (Å²) >= 11 is 6.03. The maximum atomic E-state index is 13.5. The van der Waals surface area contributed by atoms with E-state index in [1.807, 2.05) is 47.4 Å². The van der Waals surface area contributed by atoms with Crippen molar-refractivity contribution in [3.63, 3.8) is 0 Å². The van der Waals surface area contributed by atoms with Crippen LogP contribution in [0.15, 0.2) is 54.6 Å². The molecular weight excluding hydrogens is 446 g/mol. The van der Waals surface area contributed by atoms with Crippen LogP contribution >= 0.6 is 11.6 Å². The number of halogens is 1. The first-order valence-electron chi connectivity index (χ1n) is 10.7. The summed E-state index contributed by atoms with van der Waals surface area (Å²) in [6.45, 7) is 2.68. The van der Waals surface area contributed by atoms with Gasteiger partial charge in [-0.3, -0.25) is 4.79 Å². The molecule has 2 heterocycles. The van der Waals surface area contributed by atoms with Crippen LogP contribution in [0.1, 0.15) is 30.1 Å². The number of rotatable bonds is 5. The van der Waals surface area contributed by atoms with E-state index in [0.717, 1.165) is 16.5 Å². The van der Waals surface area contributed by atoms with Crippen molar-refractivity contribution in [1.29, 1.82) is 0 Å². The summed E-state index contributed by atoms with van der Waals surface area (Å²) in [5.41, 5.74) is 2.96. The average Bonchev–Trinajstić information content (AvgIpc) is 2.83. The molecular formula is C24H26ClN3O3S. The van der Waals surface area contributed by atoms with Crippen molar-refractivity contribution < 1.29 is 13.2 Å². The van der Waals surface area contributed by atoms with E-state index >= 15 is 0 Å². The van der Waals surface area contributed by atoms with E-state index < -0.39 is 10.0 Å². The average molecular weight is 472 g/mol. The highest BCUT2D eigenvalue weighted by Gasteiger charge is 2.31. The zero-order chi connectivity index (χ0) is 22.9. The van der Waals surface area contributed by atoms with Crippen LogP contribution in [0.3, 0.4) is 0 Å². The number of sulfonamides is 1.